The minimum Gasteiger partial charge on any atom is -0.270 e. The molecule has 0 atom stereocenters. The third-order valence-corrected chi connectivity index (χ3v) is 4.44. The predicted molar refractivity (Wildman–Crippen MR) is 98.6 cm³/mol. The zero-order valence-corrected chi connectivity index (χ0v) is 14.8. The maximum absolute atomic E-state index is 11.9. The lowest BCUT2D eigenvalue weighted by Crippen LogP contribution is -1.97. The second-order valence-corrected chi connectivity index (χ2v) is 6.11. The molecular weight excluding hydrogens is 390 g/mol. The van der Waals surface area contributed by atoms with Crippen LogP contribution in [-0.4, -0.2) is 44.3 Å². The fraction of sp³-hybridized carbons (Fsp3) is 0. The minimum atomic E-state index is -0.559. The third kappa shape index (κ3) is 2.36. The van der Waals surface area contributed by atoms with Crippen molar-refractivity contribution in [1.29, 1.82) is 10.5 Å². The van der Waals surface area contributed by atoms with E-state index >= 15 is 0 Å². The second kappa shape index (κ2) is 6.18. The number of rotatable bonds is 3. The van der Waals surface area contributed by atoms with Crippen LogP contribution in [0, 0.1) is 32.8 Å². The van der Waals surface area contributed by atoms with Gasteiger partial charge in [0.25, 0.3) is 0 Å². The normalized spacial score (nSPS) is 10.9. The lowest BCUT2D eigenvalue weighted by Gasteiger charge is -2.01. The van der Waals surface area contributed by atoms with Gasteiger partial charge in [0, 0.05) is 35.9 Å². The largest absolute Gasteiger partial charge is 0.322 e. The van der Waals surface area contributed by atoms with E-state index in [-0.39, 0.29) is 28.2 Å². The molecule has 0 fully saturated rings. The van der Waals surface area contributed by atoms with Crippen LogP contribution in [0.2, 0.25) is 0 Å². The Balaban J connectivity index is 1.67. The summed E-state index contributed by atoms with van der Waals surface area (Å²) in [5.41, 5.74) is 1.84. The van der Waals surface area contributed by atoms with Gasteiger partial charge in [0.05, 0.1) is 17.3 Å². The summed E-state index contributed by atoms with van der Waals surface area (Å²) >= 11 is 0. The number of hydrogen-bond donors (Lipinski definition) is 1. The highest BCUT2D eigenvalue weighted by atomic mass is 16.6. The Bertz CT molecular complexity index is 1450. The van der Waals surface area contributed by atoms with Crippen molar-refractivity contribution in [2.75, 3.05) is 0 Å². The molecule has 5 heterocycles. The van der Waals surface area contributed by atoms with Gasteiger partial charge < -0.3 is 0 Å². The first-order chi connectivity index (χ1) is 14.6. The van der Waals surface area contributed by atoms with E-state index in [2.05, 4.69) is 30.4 Å². The monoisotopic (exact) mass is 397 g/mol. The Kier molecular flexibility index (Phi) is 3.49. The molecular formula is C17H7N11O2. The molecule has 0 aliphatic rings. The molecule has 0 amide bonds. The zero-order chi connectivity index (χ0) is 20.8. The van der Waals surface area contributed by atoms with Gasteiger partial charge in [0.15, 0.2) is 17.0 Å². The lowest BCUT2D eigenvalue weighted by molar-refractivity contribution is -0.383. The van der Waals surface area contributed by atoms with Crippen LogP contribution in [-0.2, 0) is 0 Å². The number of nitrogens with one attached hydrogen (secondary N) is 1. The van der Waals surface area contributed by atoms with Gasteiger partial charge >= 0.3 is 5.69 Å². The Morgan fingerprint density at radius 2 is 1.50 bits per heavy atom. The van der Waals surface area contributed by atoms with Gasteiger partial charge in [0.1, 0.15) is 29.0 Å². The number of hydrogen-bond acceptors (Lipinski definition) is 9. The molecule has 5 aromatic rings. The van der Waals surface area contributed by atoms with E-state index in [0.29, 0.717) is 22.4 Å². The van der Waals surface area contributed by atoms with Crippen molar-refractivity contribution in [2.45, 2.75) is 0 Å². The molecule has 0 saturated carbocycles. The standard InChI is InChI=1S/C17H7N11O2/c18-1-9-5-22-26-7-11(3-20-16(9)26)13-15(28(29)30)14(25-24-13)12-4-21-17-10(2-19)6-23-27(17)8-12/h3-8H,(H,24,25). The number of nitro groups is 1. The number of aromatic amines is 1. The third-order valence-electron chi connectivity index (χ3n) is 4.44. The van der Waals surface area contributed by atoms with E-state index in [1.165, 1.54) is 46.2 Å². The van der Waals surface area contributed by atoms with E-state index in [9.17, 15) is 10.1 Å². The van der Waals surface area contributed by atoms with Gasteiger partial charge in [-0.25, -0.2) is 19.0 Å². The van der Waals surface area contributed by atoms with E-state index in [4.69, 9.17) is 10.5 Å². The highest BCUT2D eigenvalue weighted by molar-refractivity contribution is 5.81. The van der Waals surface area contributed by atoms with Crippen molar-refractivity contribution in [3.63, 3.8) is 0 Å². The first-order valence-electron chi connectivity index (χ1n) is 8.31. The van der Waals surface area contributed by atoms with Gasteiger partial charge in [-0.05, 0) is 0 Å². The number of aromatic nitrogens is 8. The van der Waals surface area contributed by atoms with Crippen LogP contribution in [0.1, 0.15) is 11.1 Å². The molecule has 13 nitrogen and oxygen atoms in total. The molecule has 13 heteroatoms. The average Bonchev–Trinajstić information content (AvgIpc) is 3.48. The Hall–Kier alpha value is -5.17. The molecule has 0 aliphatic heterocycles. The van der Waals surface area contributed by atoms with Crippen molar-refractivity contribution in [3.8, 4) is 34.7 Å². The SMILES string of the molecule is N#Cc1cnn2cc(-c3n[nH]c(-c4cnc5c(C#N)cnn5c4)c3[N+](=O)[O-])cnc12. The Morgan fingerprint density at radius 1 is 0.933 bits per heavy atom. The molecule has 1 N–H and O–H groups in total. The topological polar surface area (TPSA) is 180 Å². The van der Waals surface area contributed by atoms with Crippen LogP contribution in [0.15, 0.2) is 37.2 Å². The van der Waals surface area contributed by atoms with Crippen LogP contribution in [0.5, 0.6) is 0 Å². The first-order valence-corrected chi connectivity index (χ1v) is 8.31. The molecule has 0 unspecified atom stereocenters. The highest BCUT2D eigenvalue weighted by Crippen LogP contribution is 2.36. The van der Waals surface area contributed by atoms with Crippen LogP contribution in [0.25, 0.3) is 33.8 Å². The summed E-state index contributed by atoms with van der Waals surface area (Å²) in [6.45, 7) is 0. The van der Waals surface area contributed by atoms with Crippen LogP contribution >= 0.6 is 0 Å². The minimum absolute atomic E-state index is 0.0525. The smallest absolute Gasteiger partial charge is 0.270 e. The molecule has 0 radical (unpaired) electrons. The Morgan fingerprint density at radius 3 is 2.07 bits per heavy atom. The fourth-order valence-corrected chi connectivity index (χ4v) is 3.07. The molecule has 0 saturated heterocycles. The van der Waals surface area contributed by atoms with Crippen LogP contribution in [0.3, 0.4) is 0 Å². The number of fused-ring (bicyclic) bond motifs is 2. The van der Waals surface area contributed by atoms with Crippen molar-refractivity contribution in [1.82, 2.24) is 39.4 Å². The van der Waals surface area contributed by atoms with Crippen LogP contribution in [0.4, 0.5) is 5.69 Å². The van der Waals surface area contributed by atoms with Gasteiger partial charge in [-0.2, -0.15) is 25.8 Å². The maximum Gasteiger partial charge on any atom is 0.322 e. The summed E-state index contributed by atoms with van der Waals surface area (Å²) in [6, 6.07) is 3.95. The highest BCUT2D eigenvalue weighted by Gasteiger charge is 2.28. The Labute approximate surface area is 165 Å². The summed E-state index contributed by atoms with van der Waals surface area (Å²) in [7, 11) is 0. The average molecular weight is 397 g/mol. The second-order valence-electron chi connectivity index (χ2n) is 6.11. The van der Waals surface area contributed by atoms with Gasteiger partial charge in [-0.3, -0.25) is 15.2 Å². The van der Waals surface area contributed by atoms with Gasteiger partial charge in [0.2, 0.25) is 0 Å². The van der Waals surface area contributed by atoms with Crippen molar-refractivity contribution in [2.24, 2.45) is 0 Å². The summed E-state index contributed by atoms with van der Waals surface area (Å²) in [5.74, 6) is 0. The molecule has 0 spiro atoms. The van der Waals surface area contributed by atoms with Crippen molar-refractivity contribution < 1.29 is 4.92 Å². The first kappa shape index (κ1) is 17.0. The lowest BCUT2D eigenvalue weighted by atomic mass is 10.1. The maximum atomic E-state index is 11.9. The molecule has 0 aliphatic carbocycles. The van der Waals surface area contributed by atoms with E-state index < -0.39 is 4.92 Å². The molecule has 30 heavy (non-hydrogen) atoms. The number of nitriles is 2. The number of H-pyrrole nitrogens is 1. The molecule has 5 rings (SSSR count). The zero-order valence-electron chi connectivity index (χ0n) is 14.8. The van der Waals surface area contributed by atoms with E-state index in [0.717, 1.165) is 0 Å². The fourth-order valence-electron chi connectivity index (χ4n) is 3.07. The quantitative estimate of drug-likeness (QED) is 0.348. The number of nitrogens with zero attached hydrogens (tertiary/aromatic N) is 10. The molecule has 5 aromatic heterocycles. The van der Waals surface area contributed by atoms with Gasteiger partial charge in [-0.15, -0.1) is 0 Å². The van der Waals surface area contributed by atoms with E-state index in [1.807, 2.05) is 12.1 Å². The molecule has 142 valence electrons. The summed E-state index contributed by atoms with van der Waals surface area (Å²) in [4.78, 5) is 19.6. The summed E-state index contributed by atoms with van der Waals surface area (Å²) in [6.07, 6.45) is 8.53. The summed E-state index contributed by atoms with van der Waals surface area (Å²) in [5, 5.41) is 44.8. The van der Waals surface area contributed by atoms with Crippen molar-refractivity contribution >= 4 is 17.0 Å². The molecule has 0 aromatic carbocycles. The van der Waals surface area contributed by atoms with Crippen molar-refractivity contribution in [3.05, 3.63) is 58.4 Å². The molecule has 0 bridgehead atoms. The van der Waals surface area contributed by atoms with Gasteiger partial charge in [-0.1, -0.05) is 0 Å². The van der Waals surface area contributed by atoms with Crippen LogP contribution < -0.4 is 0 Å². The predicted octanol–water partition coefficient (Wildman–Crippen LogP) is 1.48. The summed E-state index contributed by atoms with van der Waals surface area (Å²) < 4.78 is 2.71. The van der Waals surface area contributed by atoms with E-state index in [1.54, 1.807) is 0 Å².